The first-order valence-corrected chi connectivity index (χ1v) is 8.65. The van der Waals surface area contributed by atoms with E-state index in [0.717, 1.165) is 16.8 Å². The summed E-state index contributed by atoms with van der Waals surface area (Å²) in [4.78, 5) is 30.2. The molecule has 0 aliphatic carbocycles. The van der Waals surface area contributed by atoms with Gasteiger partial charge in [-0.3, -0.25) is 9.78 Å². The van der Waals surface area contributed by atoms with Crippen LogP contribution in [-0.4, -0.2) is 40.1 Å². The summed E-state index contributed by atoms with van der Waals surface area (Å²) >= 11 is 0. The van der Waals surface area contributed by atoms with Crippen LogP contribution in [0.5, 0.6) is 0 Å². The summed E-state index contributed by atoms with van der Waals surface area (Å²) in [5.74, 6) is -0.868. The molecule has 2 unspecified atom stereocenters. The number of benzene rings is 1. The molecule has 1 aromatic heterocycles. The maximum atomic E-state index is 12.8. The van der Waals surface area contributed by atoms with Gasteiger partial charge in [-0.05, 0) is 38.0 Å². The average Bonchev–Trinajstić information content (AvgIpc) is 3.04. The first-order valence-electron chi connectivity index (χ1n) is 8.65. The quantitative estimate of drug-likeness (QED) is 0.885. The van der Waals surface area contributed by atoms with E-state index in [2.05, 4.69) is 10.3 Å². The van der Waals surface area contributed by atoms with E-state index in [0.29, 0.717) is 13.0 Å². The summed E-state index contributed by atoms with van der Waals surface area (Å²) in [5.41, 5.74) is 1.89. The highest BCUT2D eigenvalue weighted by Gasteiger charge is 2.42. The van der Waals surface area contributed by atoms with Crippen molar-refractivity contribution >= 4 is 12.0 Å². The Morgan fingerprint density at radius 1 is 1.27 bits per heavy atom. The van der Waals surface area contributed by atoms with Gasteiger partial charge in [0.05, 0.1) is 17.2 Å². The van der Waals surface area contributed by atoms with Crippen LogP contribution in [-0.2, 0) is 4.79 Å². The molecule has 0 saturated carbocycles. The average molecular weight is 353 g/mol. The Hall–Kier alpha value is -2.89. The van der Waals surface area contributed by atoms with Gasteiger partial charge in [0.25, 0.3) is 0 Å². The molecule has 26 heavy (non-hydrogen) atoms. The molecule has 1 fully saturated rings. The number of hydrogen-bond donors (Lipinski definition) is 2. The Labute approximate surface area is 152 Å². The number of urea groups is 1. The summed E-state index contributed by atoms with van der Waals surface area (Å²) in [6.45, 7) is 4.31. The molecule has 0 bridgehead atoms. The van der Waals surface area contributed by atoms with Gasteiger partial charge in [0, 0.05) is 19.3 Å². The predicted octanol–water partition coefficient (Wildman–Crippen LogP) is 2.99. The van der Waals surface area contributed by atoms with Crippen molar-refractivity contribution in [3.63, 3.8) is 0 Å². The van der Waals surface area contributed by atoms with Crippen molar-refractivity contribution < 1.29 is 14.7 Å². The van der Waals surface area contributed by atoms with Gasteiger partial charge >= 0.3 is 12.0 Å². The summed E-state index contributed by atoms with van der Waals surface area (Å²) in [6.07, 6.45) is 2.15. The van der Waals surface area contributed by atoms with Crippen LogP contribution in [0.2, 0.25) is 0 Å². The van der Waals surface area contributed by atoms with Crippen molar-refractivity contribution in [3.8, 4) is 0 Å². The number of carboxylic acid groups (broad SMARTS) is 1. The molecule has 1 aliphatic rings. The number of amides is 2. The van der Waals surface area contributed by atoms with E-state index in [4.69, 9.17) is 0 Å². The molecule has 2 aromatic rings. The lowest BCUT2D eigenvalue weighted by Crippen LogP contribution is -2.42. The summed E-state index contributed by atoms with van der Waals surface area (Å²) in [7, 11) is 0. The van der Waals surface area contributed by atoms with Crippen LogP contribution < -0.4 is 5.32 Å². The van der Waals surface area contributed by atoms with Gasteiger partial charge in [-0.25, -0.2) is 4.79 Å². The van der Waals surface area contributed by atoms with Gasteiger partial charge in [0.2, 0.25) is 0 Å². The van der Waals surface area contributed by atoms with Crippen molar-refractivity contribution in [2.75, 3.05) is 13.1 Å². The first kappa shape index (κ1) is 17.9. The maximum Gasteiger partial charge on any atom is 0.318 e. The van der Waals surface area contributed by atoms with Gasteiger partial charge < -0.3 is 15.3 Å². The Morgan fingerprint density at radius 3 is 2.69 bits per heavy atom. The number of carboxylic acids is 1. The van der Waals surface area contributed by atoms with Crippen LogP contribution in [0.15, 0.2) is 48.7 Å². The molecule has 1 aromatic carbocycles. The third-order valence-electron chi connectivity index (χ3n) is 4.90. The van der Waals surface area contributed by atoms with Gasteiger partial charge in [-0.15, -0.1) is 0 Å². The van der Waals surface area contributed by atoms with Crippen LogP contribution in [0.1, 0.15) is 36.2 Å². The van der Waals surface area contributed by atoms with Crippen LogP contribution in [0.4, 0.5) is 4.79 Å². The van der Waals surface area contributed by atoms with Gasteiger partial charge in [0.1, 0.15) is 0 Å². The van der Waals surface area contributed by atoms with Crippen molar-refractivity contribution in [3.05, 3.63) is 65.5 Å². The molecule has 1 saturated heterocycles. The normalized spacial score (nSPS) is 20.6. The van der Waals surface area contributed by atoms with E-state index in [1.165, 1.54) is 0 Å². The monoisotopic (exact) mass is 353 g/mol. The number of aliphatic carboxylic acids is 1. The maximum absolute atomic E-state index is 12.8. The smallest absolute Gasteiger partial charge is 0.318 e. The second kappa shape index (κ2) is 7.15. The molecule has 2 N–H and O–H groups in total. The van der Waals surface area contributed by atoms with E-state index in [9.17, 15) is 14.7 Å². The second-order valence-electron chi connectivity index (χ2n) is 7.09. The molecule has 136 valence electrons. The Bertz CT molecular complexity index is 809. The molecule has 3 rings (SSSR count). The van der Waals surface area contributed by atoms with Gasteiger partial charge in [0.15, 0.2) is 0 Å². The van der Waals surface area contributed by atoms with Crippen molar-refractivity contribution in [2.24, 2.45) is 5.41 Å². The number of aryl methyl sites for hydroxylation is 1. The topological polar surface area (TPSA) is 82.5 Å². The number of rotatable bonds is 4. The minimum atomic E-state index is -0.888. The van der Waals surface area contributed by atoms with Crippen LogP contribution in [0, 0.1) is 12.3 Å². The molecule has 6 heteroatoms. The third kappa shape index (κ3) is 3.69. The number of carbonyl (C=O) groups excluding carboxylic acids is 1. The minimum Gasteiger partial charge on any atom is -0.481 e. The van der Waals surface area contributed by atoms with Crippen molar-refractivity contribution in [1.29, 1.82) is 0 Å². The highest BCUT2D eigenvalue weighted by molar-refractivity contribution is 5.80. The number of pyridine rings is 1. The Morgan fingerprint density at radius 2 is 2.08 bits per heavy atom. The molecule has 6 nitrogen and oxygen atoms in total. The standard InChI is InChI=1S/C20H23N3O3/c1-14-6-5-7-15(12-14)17(16-8-3-4-10-21-16)22-19(26)23-11-9-20(2,13-23)18(24)25/h3-8,10,12,17H,9,11,13H2,1-2H3,(H,22,26)(H,24,25). The van der Waals surface area contributed by atoms with E-state index in [1.54, 1.807) is 18.0 Å². The number of nitrogens with zero attached hydrogens (tertiary/aromatic N) is 2. The van der Waals surface area contributed by atoms with E-state index < -0.39 is 11.4 Å². The Balaban J connectivity index is 1.83. The summed E-state index contributed by atoms with van der Waals surface area (Å²) in [6, 6.07) is 12.9. The molecular formula is C20H23N3O3. The molecule has 2 amide bonds. The van der Waals surface area contributed by atoms with Crippen LogP contribution >= 0.6 is 0 Å². The fourth-order valence-electron chi connectivity index (χ4n) is 3.25. The fraction of sp³-hybridized carbons (Fsp3) is 0.350. The fourth-order valence-corrected chi connectivity index (χ4v) is 3.25. The molecule has 2 atom stereocenters. The SMILES string of the molecule is Cc1cccc(C(NC(=O)N2CCC(C)(C(=O)O)C2)c2ccccn2)c1. The van der Waals surface area contributed by atoms with Crippen molar-refractivity contribution in [1.82, 2.24) is 15.2 Å². The molecule has 0 spiro atoms. The molecule has 1 aliphatic heterocycles. The van der Waals surface area contributed by atoms with Gasteiger partial charge in [-0.1, -0.05) is 35.9 Å². The second-order valence-corrected chi connectivity index (χ2v) is 7.09. The number of aromatic nitrogens is 1. The zero-order valence-electron chi connectivity index (χ0n) is 15.0. The zero-order chi connectivity index (χ0) is 18.7. The van der Waals surface area contributed by atoms with Crippen LogP contribution in [0.3, 0.4) is 0 Å². The first-order chi connectivity index (χ1) is 12.4. The molecular weight excluding hydrogens is 330 g/mol. The number of nitrogens with one attached hydrogen (secondary N) is 1. The predicted molar refractivity (Wildman–Crippen MR) is 97.7 cm³/mol. The van der Waals surface area contributed by atoms with E-state index in [1.807, 2.05) is 49.4 Å². The lowest BCUT2D eigenvalue weighted by Gasteiger charge is -2.25. The minimum absolute atomic E-state index is 0.205. The number of hydrogen-bond acceptors (Lipinski definition) is 3. The van der Waals surface area contributed by atoms with Crippen molar-refractivity contribution in [2.45, 2.75) is 26.3 Å². The van der Waals surface area contributed by atoms with Crippen LogP contribution in [0.25, 0.3) is 0 Å². The largest absolute Gasteiger partial charge is 0.481 e. The summed E-state index contributed by atoms with van der Waals surface area (Å²) in [5, 5.41) is 12.4. The van der Waals surface area contributed by atoms with E-state index >= 15 is 0 Å². The van der Waals surface area contributed by atoms with Gasteiger partial charge in [-0.2, -0.15) is 0 Å². The zero-order valence-corrected chi connectivity index (χ0v) is 15.0. The highest BCUT2D eigenvalue weighted by atomic mass is 16.4. The number of carbonyl (C=O) groups is 2. The lowest BCUT2D eigenvalue weighted by atomic mass is 9.90. The highest BCUT2D eigenvalue weighted by Crippen LogP contribution is 2.30. The third-order valence-corrected chi connectivity index (χ3v) is 4.90. The van der Waals surface area contributed by atoms with E-state index in [-0.39, 0.29) is 18.6 Å². The summed E-state index contributed by atoms with van der Waals surface area (Å²) < 4.78 is 0. The number of likely N-dealkylation sites (tertiary alicyclic amines) is 1. The molecule has 0 radical (unpaired) electrons. The lowest BCUT2D eigenvalue weighted by molar-refractivity contribution is -0.147. The Kier molecular flexibility index (Phi) is 4.93. The molecule has 2 heterocycles.